The number of pyridine rings is 1. The molecule has 0 bridgehead atoms. The molecule has 0 aliphatic heterocycles. The van der Waals surface area contributed by atoms with Crippen molar-refractivity contribution in [3.63, 3.8) is 0 Å². The Kier molecular flexibility index (Phi) is 3.07. The molecule has 2 nitrogen and oxygen atoms in total. The molecule has 0 amide bonds. The third-order valence-corrected chi connectivity index (χ3v) is 1.83. The lowest BCUT2D eigenvalue weighted by molar-refractivity contribution is 1.08. The third kappa shape index (κ3) is 2.90. The van der Waals surface area contributed by atoms with E-state index in [1.54, 1.807) is 0 Å². The van der Waals surface area contributed by atoms with Crippen LogP contribution in [0.25, 0.3) is 0 Å². The standard InChI is InChI=1S/C11H16N2/c1-5-9(3)12-11-7-8(2)6-10(4)13-11/h6-7H,3,5H2,1-2,4H3,(H,12,13). The van der Waals surface area contributed by atoms with E-state index in [0.29, 0.717) is 0 Å². The lowest BCUT2D eigenvalue weighted by Crippen LogP contribution is -2.00. The van der Waals surface area contributed by atoms with Crippen molar-refractivity contribution in [2.45, 2.75) is 27.2 Å². The molecule has 0 spiro atoms. The van der Waals surface area contributed by atoms with Crippen LogP contribution in [0.5, 0.6) is 0 Å². The number of hydrogen-bond acceptors (Lipinski definition) is 2. The van der Waals surface area contributed by atoms with Crippen molar-refractivity contribution in [2.75, 3.05) is 5.32 Å². The van der Waals surface area contributed by atoms with Crippen LogP contribution in [0.3, 0.4) is 0 Å². The van der Waals surface area contributed by atoms with Crippen LogP contribution >= 0.6 is 0 Å². The van der Waals surface area contributed by atoms with Crippen LogP contribution in [0, 0.1) is 13.8 Å². The maximum Gasteiger partial charge on any atom is 0.130 e. The summed E-state index contributed by atoms with van der Waals surface area (Å²) in [4.78, 5) is 4.35. The highest BCUT2D eigenvalue weighted by Crippen LogP contribution is 2.11. The Morgan fingerprint density at radius 1 is 1.46 bits per heavy atom. The second kappa shape index (κ2) is 4.08. The van der Waals surface area contributed by atoms with Crippen LogP contribution in [0.2, 0.25) is 0 Å². The molecule has 0 atom stereocenters. The predicted molar refractivity (Wildman–Crippen MR) is 56.8 cm³/mol. The summed E-state index contributed by atoms with van der Waals surface area (Å²) in [7, 11) is 0. The minimum Gasteiger partial charge on any atom is -0.344 e. The maximum atomic E-state index is 4.35. The zero-order chi connectivity index (χ0) is 9.84. The molecule has 1 aromatic rings. The molecular formula is C11H16N2. The van der Waals surface area contributed by atoms with Gasteiger partial charge in [0.25, 0.3) is 0 Å². The van der Waals surface area contributed by atoms with E-state index in [0.717, 1.165) is 23.6 Å². The van der Waals surface area contributed by atoms with Gasteiger partial charge < -0.3 is 5.32 Å². The molecule has 0 saturated carbocycles. The highest BCUT2D eigenvalue weighted by atomic mass is 15.0. The molecule has 0 radical (unpaired) electrons. The van der Waals surface area contributed by atoms with Gasteiger partial charge in [-0.05, 0) is 38.0 Å². The maximum absolute atomic E-state index is 4.35. The van der Waals surface area contributed by atoms with E-state index in [1.807, 2.05) is 13.0 Å². The number of allylic oxidation sites excluding steroid dienone is 1. The molecule has 1 rings (SSSR count). The molecule has 0 aliphatic carbocycles. The Morgan fingerprint density at radius 3 is 2.69 bits per heavy atom. The zero-order valence-corrected chi connectivity index (χ0v) is 8.52. The van der Waals surface area contributed by atoms with E-state index in [4.69, 9.17) is 0 Å². The van der Waals surface area contributed by atoms with E-state index in [-0.39, 0.29) is 0 Å². The van der Waals surface area contributed by atoms with Crippen molar-refractivity contribution in [3.05, 3.63) is 35.7 Å². The summed E-state index contributed by atoms with van der Waals surface area (Å²) in [5.41, 5.74) is 3.25. The Labute approximate surface area is 79.7 Å². The summed E-state index contributed by atoms with van der Waals surface area (Å²) in [5.74, 6) is 0.893. The van der Waals surface area contributed by atoms with Gasteiger partial charge in [0.1, 0.15) is 5.82 Å². The molecule has 0 aliphatic rings. The lowest BCUT2D eigenvalue weighted by Gasteiger charge is -2.07. The smallest absolute Gasteiger partial charge is 0.130 e. The number of anilines is 1. The summed E-state index contributed by atoms with van der Waals surface area (Å²) in [5, 5.41) is 3.17. The second-order valence-electron chi connectivity index (χ2n) is 3.25. The van der Waals surface area contributed by atoms with Gasteiger partial charge in [0.2, 0.25) is 0 Å². The monoisotopic (exact) mass is 176 g/mol. The summed E-state index contributed by atoms with van der Waals surface area (Å²) in [6.45, 7) is 10.0. The summed E-state index contributed by atoms with van der Waals surface area (Å²) < 4.78 is 0. The van der Waals surface area contributed by atoms with Gasteiger partial charge in [0.15, 0.2) is 0 Å². The molecule has 0 saturated heterocycles. The van der Waals surface area contributed by atoms with Crippen LogP contribution in [-0.4, -0.2) is 4.98 Å². The first-order valence-corrected chi connectivity index (χ1v) is 4.52. The van der Waals surface area contributed by atoms with Crippen LogP contribution in [0.4, 0.5) is 5.82 Å². The Balaban J connectivity index is 2.83. The van der Waals surface area contributed by atoms with Crippen LogP contribution < -0.4 is 5.32 Å². The normalized spacial score (nSPS) is 9.77. The third-order valence-electron chi connectivity index (χ3n) is 1.83. The summed E-state index contributed by atoms with van der Waals surface area (Å²) in [6, 6.07) is 4.08. The minimum absolute atomic E-state index is 0.893. The van der Waals surface area contributed by atoms with Gasteiger partial charge >= 0.3 is 0 Å². The molecule has 0 aromatic carbocycles. The van der Waals surface area contributed by atoms with Gasteiger partial charge in [-0.3, -0.25) is 0 Å². The zero-order valence-electron chi connectivity index (χ0n) is 8.52. The second-order valence-corrected chi connectivity index (χ2v) is 3.25. The number of nitrogens with one attached hydrogen (secondary N) is 1. The molecule has 13 heavy (non-hydrogen) atoms. The number of nitrogens with zero attached hydrogens (tertiary/aromatic N) is 1. The van der Waals surface area contributed by atoms with Crippen molar-refractivity contribution in [3.8, 4) is 0 Å². The van der Waals surface area contributed by atoms with Crippen LogP contribution in [-0.2, 0) is 0 Å². The van der Waals surface area contributed by atoms with Crippen molar-refractivity contribution in [2.24, 2.45) is 0 Å². The van der Waals surface area contributed by atoms with Crippen LogP contribution in [0.15, 0.2) is 24.4 Å². The van der Waals surface area contributed by atoms with Crippen molar-refractivity contribution in [1.29, 1.82) is 0 Å². The van der Waals surface area contributed by atoms with E-state index >= 15 is 0 Å². The van der Waals surface area contributed by atoms with Gasteiger partial charge in [0.05, 0.1) is 0 Å². The first kappa shape index (κ1) is 9.78. The van der Waals surface area contributed by atoms with E-state index in [9.17, 15) is 0 Å². The molecule has 1 heterocycles. The molecule has 0 fully saturated rings. The van der Waals surface area contributed by atoms with Crippen molar-refractivity contribution >= 4 is 5.82 Å². The SMILES string of the molecule is C=C(CC)Nc1cc(C)cc(C)n1. The van der Waals surface area contributed by atoms with Gasteiger partial charge in [-0.25, -0.2) is 4.98 Å². The van der Waals surface area contributed by atoms with Crippen LogP contribution in [0.1, 0.15) is 24.6 Å². The highest BCUT2D eigenvalue weighted by molar-refractivity contribution is 5.43. The average Bonchev–Trinajstić information content (AvgIpc) is 2.02. The van der Waals surface area contributed by atoms with E-state index in [1.165, 1.54) is 5.56 Å². The molecule has 1 N–H and O–H groups in total. The van der Waals surface area contributed by atoms with Gasteiger partial charge in [-0.1, -0.05) is 13.5 Å². The lowest BCUT2D eigenvalue weighted by atomic mass is 10.2. The molecule has 0 unspecified atom stereocenters. The molecule has 70 valence electrons. The van der Waals surface area contributed by atoms with Gasteiger partial charge in [0, 0.05) is 11.4 Å². The fourth-order valence-corrected chi connectivity index (χ4v) is 1.17. The van der Waals surface area contributed by atoms with Gasteiger partial charge in [-0.2, -0.15) is 0 Å². The number of rotatable bonds is 3. The fraction of sp³-hybridized carbons (Fsp3) is 0.364. The number of aromatic nitrogens is 1. The Hall–Kier alpha value is -1.31. The first-order valence-electron chi connectivity index (χ1n) is 4.52. The Bertz CT molecular complexity index is 296. The first-order chi connectivity index (χ1) is 6.11. The minimum atomic E-state index is 0.893. The van der Waals surface area contributed by atoms with E-state index < -0.39 is 0 Å². The Morgan fingerprint density at radius 2 is 2.15 bits per heavy atom. The molecule has 2 heteroatoms. The summed E-state index contributed by atoms with van der Waals surface area (Å²) >= 11 is 0. The number of aryl methyl sites for hydroxylation is 2. The molecular weight excluding hydrogens is 160 g/mol. The average molecular weight is 176 g/mol. The van der Waals surface area contributed by atoms with E-state index in [2.05, 4.69) is 36.8 Å². The molecule has 1 aromatic heterocycles. The summed E-state index contributed by atoms with van der Waals surface area (Å²) in [6.07, 6.45) is 0.925. The van der Waals surface area contributed by atoms with Crippen molar-refractivity contribution in [1.82, 2.24) is 4.98 Å². The predicted octanol–water partition coefficient (Wildman–Crippen LogP) is 3.03. The highest BCUT2D eigenvalue weighted by Gasteiger charge is 1.97. The largest absolute Gasteiger partial charge is 0.344 e. The topological polar surface area (TPSA) is 24.9 Å². The number of hydrogen-bond donors (Lipinski definition) is 1. The van der Waals surface area contributed by atoms with Crippen molar-refractivity contribution < 1.29 is 0 Å². The van der Waals surface area contributed by atoms with Gasteiger partial charge in [-0.15, -0.1) is 0 Å². The quantitative estimate of drug-likeness (QED) is 0.765. The fourth-order valence-electron chi connectivity index (χ4n) is 1.17.